The van der Waals surface area contributed by atoms with Gasteiger partial charge in [-0.3, -0.25) is 9.69 Å². The topological polar surface area (TPSA) is 91.5 Å². The summed E-state index contributed by atoms with van der Waals surface area (Å²) in [4.78, 5) is 13.2. The third kappa shape index (κ3) is 4.59. The number of carboxylic acid groups (broad SMARTS) is 1. The lowest BCUT2D eigenvalue weighted by molar-refractivity contribution is -0.133. The Labute approximate surface area is 150 Å². The first-order chi connectivity index (χ1) is 12.2. The molecule has 1 aromatic carbocycles. The highest BCUT2D eigenvalue weighted by atomic mass is 32.2. The summed E-state index contributed by atoms with van der Waals surface area (Å²) >= 11 is 1.15. The van der Waals surface area contributed by atoms with Crippen LogP contribution in [0.25, 0.3) is 0 Å². The maximum atomic E-state index is 10.8. The van der Waals surface area contributed by atoms with Crippen LogP contribution in [0.15, 0.2) is 35.5 Å². The van der Waals surface area contributed by atoms with E-state index in [1.165, 1.54) is 5.56 Å². The summed E-state index contributed by atoms with van der Waals surface area (Å²) in [6.45, 7) is 2.64. The molecular weight excluding hydrogens is 340 g/mol. The number of hydrogen-bond acceptors (Lipinski definition) is 6. The lowest BCUT2D eigenvalue weighted by Gasteiger charge is -2.33. The molecule has 0 aliphatic carbocycles. The lowest BCUT2D eigenvalue weighted by Crippen LogP contribution is -2.34. The van der Waals surface area contributed by atoms with Crippen molar-refractivity contribution in [3.05, 3.63) is 41.7 Å². The third-order valence-corrected chi connectivity index (χ3v) is 5.30. The molecule has 0 amide bonds. The molecule has 0 saturated carbocycles. The van der Waals surface area contributed by atoms with Gasteiger partial charge in [0.2, 0.25) is 0 Å². The van der Waals surface area contributed by atoms with Gasteiger partial charge in [0.1, 0.15) is 6.61 Å². The van der Waals surface area contributed by atoms with Gasteiger partial charge < -0.3 is 14.8 Å². The molecule has 25 heavy (non-hydrogen) atoms. The van der Waals surface area contributed by atoms with Gasteiger partial charge in [0.25, 0.3) is 0 Å². The van der Waals surface area contributed by atoms with E-state index in [-0.39, 0.29) is 18.4 Å². The van der Waals surface area contributed by atoms with Crippen molar-refractivity contribution < 1.29 is 15.0 Å². The van der Waals surface area contributed by atoms with Crippen molar-refractivity contribution in [2.45, 2.75) is 37.2 Å². The Morgan fingerprint density at radius 1 is 1.20 bits per heavy atom. The first-order valence-corrected chi connectivity index (χ1v) is 9.31. The van der Waals surface area contributed by atoms with Crippen molar-refractivity contribution in [1.82, 2.24) is 19.7 Å². The number of aliphatic hydroxyl groups is 1. The molecule has 0 radical (unpaired) electrons. The van der Waals surface area contributed by atoms with E-state index >= 15 is 0 Å². The summed E-state index contributed by atoms with van der Waals surface area (Å²) < 4.78 is 1.92. The standard InChI is InChI=1S/C17H22N4O3S/c22-11-15-18-19-17(25-12-16(23)24)21(15)14-6-8-20(9-7-14)10-13-4-2-1-3-5-13/h1-5,14,22H,6-12H2,(H,23,24). The normalized spacial score (nSPS) is 16.2. The first kappa shape index (κ1) is 17.9. The minimum atomic E-state index is -0.886. The molecule has 1 aliphatic heterocycles. The number of likely N-dealkylation sites (tertiary alicyclic amines) is 1. The van der Waals surface area contributed by atoms with E-state index < -0.39 is 5.97 Å². The molecule has 0 bridgehead atoms. The smallest absolute Gasteiger partial charge is 0.313 e. The van der Waals surface area contributed by atoms with Crippen molar-refractivity contribution >= 4 is 17.7 Å². The van der Waals surface area contributed by atoms with Crippen LogP contribution in [-0.2, 0) is 17.9 Å². The van der Waals surface area contributed by atoms with Gasteiger partial charge in [-0.1, -0.05) is 42.1 Å². The SMILES string of the molecule is O=C(O)CSc1nnc(CO)n1C1CCN(Cc2ccccc2)CC1. The number of piperidine rings is 1. The fourth-order valence-corrected chi connectivity index (χ4v) is 3.93. The summed E-state index contributed by atoms with van der Waals surface area (Å²) in [6, 6.07) is 10.6. The molecule has 8 heteroatoms. The van der Waals surface area contributed by atoms with E-state index in [4.69, 9.17) is 5.11 Å². The van der Waals surface area contributed by atoms with Gasteiger partial charge in [0.05, 0.1) is 5.75 Å². The van der Waals surface area contributed by atoms with Crippen molar-refractivity contribution in [3.8, 4) is 0 Å². The molecule has 1 fully saturated rings. The van der Waals surface area contributed by atoms with Crippen LogP contribution in [0.1, 0.15) is 30.3 Å². The Bertz CT molecular complexity index is 699. The van der Waals surface area contributed by atoms with Gasteiger partial charge in [-0.25, -0.2) is 0 Å². The van der Waals surface area contributed by atoms with Gasteiger partial charge in [0.15, 0.2) is 11.0 Å². The van der Waals surface area contributed by atoms with E-state index in [2.05, 4.69) is 39.4 Å². The van der Waals surface area contributed by atoms with Crippen LogP contribution in [0.5, 0.6) is 0 Å². The van der Waals surface area contributed by atoms with Crippen LogP contribution in [0, 0.1) is 0 Å². The number of benzene rings is 1. The van der Waals surface area contributed by atoms with Gasteiger partial charge >= 0.3 is 5.97 Å². The predicted molar refractivity (Wildman–Crippen MR) is 94.3 cm³/mol. The molecule has 1 aromatic heterocycles. The molecule has 2 heterocycles. The zero-order chi connectivity index (χ0) is 17.6. The van der Waals surface area contributed by atoms with Gasteiger partial charge in [-0.15, -0.1) is 10.2 Å². The molecule has 0 spiro atoms. The van der Waals surface area contributed by atoms with Gasteiger partial charge in [0, 0.05) is 25.7 Å². The molecule has 2 N–H and O–H groups in total. The second-order valence-electron chi connectivity index (χ2n) is 6.10. The van der Waals surface area contributed by atoms with Gasteiger partial charge in [-0.2, -0.15) is 0 Å². The Kier molecular flexibility index (Phi) is 6.06. The minimum Gasteiger partial charge on any atom is -0.481 e. The molecule has 0 atom stereocenters. The van der Waals surface area contributed by atoms with Crippen molar-refractivity contribution in [2.75, 3.05) is 18.8 Å². The van der Waals surface area contributed by atoms with Crippen LogP contribution >= 0.6 is 11.8 Å². The summed E-state index contributed by atoms with van der Waals surface area (Å²) in [7, 11) is 0. The molecule has 7 nitrogen and oxygen atoms in total. The number of carbonyl (C=O) groups is 1. The second-order valence-corrected chi connectivity index (χ2v) is 7.04. The number of rotatable bonds is 7. The molecule has 3 rings (SSSR count). The Morgan fingerprint density at radius 3 is 2.56 bits per heavy atom. The van der Waals surface area contributed by atoms with E-state index in [0.717, 1.165) is 44.2 Å². The van der Waals surface area contributed by atoms with E-state index in [0.29, 0.717) is 11.0 Å². The fraction of sp³-hybridized carbons (Fsp3) is 0.471. The average Bonchev–Trinajstić information content (AvgIpc) is 3.04. The van der Waals surface area contributed by atoms with Crippen LogP contribution < -0.4 is 0 Å². The zero-order valence-corrected chi connectivity index (χ0v) is 14.7. The Morgan fingerprint density at radius 2 is 1.92 bits per heavy atom. The summed E-state index contributed by atoms with van der Waals surface area (Å²) in [5, 5.41) is 27.1. The highest BCUT2D eigenvalue weighted by Gasteiger charge is 2.25. The highest BCUT2D eigenvalue weighted by molar-refractivity contribution is 7.99. The molecule has 134 valence electrons. The van der Waals surface area contributed by atoms with E-state index in [9.17, 15) is 9.90 Å². The highest BCUT2D eigenvalue weighted by Crippen LogP contribution is 2.29. The molecule has 2 aromatic rings. The molecular formula is C17H22N4O3S. The van der Waals surface area contributed by atoms with Crippen LogP contribution in [0.3, 0.4) is 0 Å². The summed E-state index contributed by atoms with van der Waals surface area (Å²) in [5.74, 6) is -0.437. The molecule has 1 aliphatic rings. The maximum absolute atomic E-state index is 10.8. The van der Waals surface area contributed by atoms with Gasteiger partial charge in [-0.05, 0) is 18.4 Å². The second kappa shape index (κ2) is 8.46. The number of hydrogen-bond donors (Lipinski definition) is 2. The molecule has 1 saturated heterocycles. The lowest BCUT2D eigenvalue weighted by atomic mass is 10.0. The number of aromatic nitrogens is 3. The minimum absolute atomic E-state index is 0.0591. The Balaban J connectivity index is 1.64. The first-order valence-electron chi connectivity index (χ1n) is 8.33. The van der Waals surface area contributed by atoms with Crippen LogP contribution in [-0.4, -0.2) is 54.7 Å². The van der Waals surface area contributed by atoms with Crippen molar-refractivity contribution in [1.29, 1.82) is 0 Å². The van der Waals surface area contributed by atoms with Crippen molar-refractivity contribution in [2.24, 2.45) is 0 Å². The number of aliphatic hydroxyl groups excluding tert-OH is 1. The van der Waals surface area contributed by atoms with E-state index in [1.807, 2.05) is 10.6 Å². The molecule has 0 unspecified atom stereocenters. The average molecular weight is 362 g/mol. The monoisotopic (exact) mass is 362 g/mol. The third-order valence-electron chi connectivity index (χ3n) is 4.37. The summed E-state index contributed by atoms with van der Waals surface area (Å²) in [6.07, 6.45) is 1.86. The number of nitrogens with zero attached hydrogens (tertiary/aromatic N) is 4. The maximum Gasteiger partial charge on any atom is 0.313 e. The largest absolute Gasteiger partial charge is 0.481 e. The predicted octanol–water partition coefficient (Wildman–Crippen LogP) is 1.78. The fourth-order valence-electron chi connectivity index (χ4n) is 3.18. The van der Waals surface area contributed by atoms with Crippen LogP contribution in [0.4, 0.5) is 0 Å². The van der Waals surface area contributed by atoms with E-state index in [1.54, 1.807) is 0 Å². The van der Waals surface area contributed by atoms with Crippen LogP contribution in [0.2, 0.25) is 0 Å². The number of thioether (sulfide) groups is 1. The number of carboxylic acids is 1. The Hall–Kier alpha value is -1.90. The quantitative estimate of drug-likeness (QED) is 0.726. The number of aliphatic carboxylic acids is 1. The zero-order valence-electron chi connectivity index (χ0n) is 13.9. The summed E-state index contributed by atoms with van der Waals surface area (Å²) in [5.41, 5.74) is 1.30. The van der Waals surface area contributed by atoms with Crippen molar-refractivity contribution in [3.63, 3.8) is 0 Å².